The monoisotopic (exact) mass is 756 g/mol. The number of aromatic nitrogens is 6. The fraction of sp³-hybridized carbons (Fsp3) is 0. The van der Waals surface area contributed by atoms with Crippen LogP contribution in [0.1, 0.15) is 0 Å². The molecule has 12 aromatic rings. The molecular formula is C52H32N6O. The van der Waals surface area contributed by atoms with Crippen LogP contribution in [0, 0.1) is 0 Å². The molecule has 4 aromatic heterocycles. The van der Waals surface area contributed by atoms with Crippen LogP contribution in [0.4, 0.5) is 0 Å². The molecular weight excluding hydrogens is 725 g/mol. The van der Waals surface area contributed by atoms with Crippen molar-refractivity contribution in [2.75, 3.05) is 0 Å². The number of benzene rings is 8. The normalized spacial score (nSPS) is 11.7. The van der Waals surface area contributed by atoms with Crippen molar-refractivity contribution >= 4 is 54.7 Å². The summed E-state index contributed by atoms with van der Waals surface area (Å²) in [5, 5.41) is 4.47. The zero-order valence-corrected chi connectivity index (χ0v) is 31.6. The molecule has 4 heterocycles. The highest BCUT2D eigenvalue weighted by molar-refractivity contribution is 6.18. The Hall–Kier alpha value is -8.16. The molecule has 0 bridgehead atoms. The van der Waals surface area contributed by atoms with Crippen LogP contribution in [0.5, 0.6) is 0 Å². The summed E-state index contributed by atoms with van der Waals surface area (Å²) < 4.78 is 11.1. The smallest absolute Gasteiger partial charge is 0.238 e. The second kappa shape index (κ2) is 13.2. The highest BCUT2D eigenvalue weighted by atomic mass is 16.3. The SMILES string of the molecule is c1ccc(-c2nc(-c3ccccc3)nc(-n3c4ccccc4c4cc(-c5ccc6c(c5)c5ccc7nc(-c8ccccc8)oc7c5n6-c5ccccc5)ccc43)n2)cc1. The molecule has 0 radical (unpaired) electrons. The van der Waals surface area contributed by atoms with Crippen molar-refractivity contribution in [3.05, 3.63) is 194 Å². The molecule has 0 aliphatic carbocycles. The van der Waals surface area contributed by atoms with E-state index < -0.39 is 0 Å². The molecule has 7 heteroatoms. The van der Waals surface area contributed by atoms with E-state index in [9.17, 15) is 0 Å². The number of hydrogen-bond acceptors (Lipinski definition) is 5. The Kier molecular flexibility index (Phi) is 7.40. The minimum absolute atomic E-state index is 0.570. The average molecular weight is 757 g/mol. The lowest BCUT2D eigenvalue weighted by atomic mass is 10.0. The lowest BCUT2D eigenvalue weighted by Crippen LogP contribution is -2.06. The summed E-state index contributed by atoms with van der Waals surface area (Å²) in [7, 11) is 0. The summed E-state index contributed by atoms with van der Waals surface area (Å²) in [4.78, 5) is 20.1. The standard InChI is InChI=1S/C52H32N6O/c1-5-15-33(16-6-1)49-54-50(34-17-7-2-8-18-34)56-52(55-49)58-44-24-14-13-23-39(44)41-31-36(26-30-46(41)58)37-25-29-45-42(32-37)40-27-28-43-48(47(40)57(45)38-21-11-4-12-22-38)59-51(53-43)35-19-9-3-10-20-35/h1-32H. The second-order valence-corrected chi connectivity index (χ2v) is 14.7. The van der Waals surface area contributed by atoms with Crippen LogP contribution < -0.4 is 0 Å². The van der Waals surface area contributed by atoms with Crippen molar-refractivity contribution < 1.29 is 4.42 Å². The van der Waals surface area contributed by atoms with E-state index in [2.05, 4.69) is 106 Å². The maximum absolute atomic E-state index is 6.62. The first kappa shape index (κ1) is 33.0. The van der Waals surface area contributed by atoms with Crippen LogP contribution in [0.15, 0.2) is 199 Å². The summed E-state index contributed by atoms with van der Waals surface area (Å²) in [5.74, 6) is 2.43. The Morgan fingerprint density at radius 1 is 0.356 bits per heavy atom. The summed E-state index contributed by atoms with van der Waals surface area (Å²) in [6.07, 6.45) is 0. The summed E-state index contributed by atoms with van der Waals surface area (Å²) >= 11 is 0. The van der Waals surface area contributed by atoms with Gasteiger partial charge in [0, 0.05) is 43.9 Å². The zero-order chi connectivity index (χ0) is 38.9. The van der Waals surface area contributed by atoms with E-state index in [1.54, 1.807) is 0 Å². The van der Waals surface area contributed by atoms with E-state index >= 15 is 0 Å². The van der Waals surface area contributed by atoms with Gasteiger partial charge in [-0.25, -0.2) is 9.97 Å². The first-order valence-corrected chi connectivity index (χ1v) is 19.6. The molecule has 0 aliphatic heterocycles. The third-order valence-corrected chi connectivity index (χ3v) is 11.2. The van der Waals surface area contributed by atoms with Gasteiger partial charge in [0.1, 0.15) is 5.52 Å². The van der Waals surface area contributed by atoms with Gasteiger partial charge in [0.2, 0.25) is 11.8 Å². The van der Waals surface area contributed by atoms with Crippen LogP contribution in [0.3, 0.4) is 0 Å². The molecule has 0 aliphatic rings. The summed E-state index contributed by atoms with van der Waals surface area (Å²) in [6, 6.07) is 66.9. The van der Waals surface area contributed by atoms with Crippen molar-refractivity contribution in [3.8, 4) is 57.0 Å². The number of hydrogen-bond donors (Lipinski definition) is 0. The van der Waals surface area contributed by atoms with Crippen LogP contribution in [-0.2, 0) is 0 Å². The molecule has 0 saturated carbocycles. The van der Waals surface area contributed by atoms with Crippen molar-refractivity contribution in [1.29, 1.82) is 0 Å². The van der Waals surface area contributed by atoms with E-state index in [-0.39, 0.29) is 0 Å². The van der Waals surface area contributed by atoms with Crippen LogP contribution in [0.2, 0.25) is 0 Å². The van der Waals surface area contributed by atoms with Crippen LogP contribution >= 0.6 is 0 Å². The Morgan fingerprint density at radius 2 is 0.881 bits per heavy atom. The predicted octanol–water partition coefficient (Wildman–Crippen LogP) is 12.9. The Balaban J connectivity index is 1.05. The van der Waals surface area contributed by atoms with E-state index in [0.29, 0.717) is 23.5 Å². The van der Waals surface area contributed by atoms with E-state index in [4.69, 9.17) is 24.4 Å². The second-order valence-electron chi connectivity index (χ2n) is 14.7. The van der Waals surface area contributed by atoms with Crippen molar-refractivity contribution in [2.24, 2.45) is 0 Å². The highest BCUT2D eigenvalue weighted by Gasteiger charge is 2.22. The van der Waals surface area contributed by atoms with Gasteiger partial charge >= 0.3 is 0 Å². The predicted molar refractivity (Wildman–Crippen MR) is 238 cm³/mol. The third-order valence-electron chi connectivity index (χ3n) is 11.2. The first-order chi connectivity index (χ1) is 29.2. The first-order valence-electron chi connectivity index (χ1n) is 19.6. The van der Waals surface area contributed by atoms with Crippen molar-refractivity contribution in [2.45, 2.75) is 0 Å². The molecule has 0 amide bonds. The van der Waals surface area contributed by atoms with Gasteiger partial charge in [0.05, 0.1) is 22.1 Å². The average Bonchev–Trinajstić information content (AvgIpc) is 4.00. The molecule has 0 saturated heterocycles. The molecule has 12 rings (SSSR count). The van der Waals surface area contributed by atoms with E-state index in [1.165, 1.54) is 0 Å². The Bertz CT molecular complexity index is 3480. The molecule has 7 nitrogen and oxygen atoms in total. The quantitative estimate of drug-likeness (QED) is 0.169. The summed E-state index contributed by atoms with van der Waals surface area (Å²) in [6.45, 7) is 0. The number of fused-ring (bicyclic) bond motifs is 8. The van der Waals surface area contributed by atoms with Gasteiger partial charge < -0.3 is 8.98 Å². The molecule has 0 atom stereocenters. The summed E-state index contributed by atoms with van der Waals surface area (Å²) in [5.41, 5.74) is 11.8. The minimum atomic E-state index is 0.570. The van der Waals surface area contributed by atoms with Gasteiger partial charge in [-0.15, -0.1) is 0 Å². The van der Waals surface area contributed by atoms with Gasteiger partial charge in [-0.05, 0) is 77.9 Å². The van der Waals surface area contributed by atoms with Crippen LogP contribution in [-0.4, -0.2) is 29.1 Å². The molecule has 0 fully saturated rings. The van der Waals surface area contributed by atoms with Gasteiger partial charge in [-0.2, -0.15) is 9.97 Å². The lowest BCUT2D eigenvalue weighted by molar-refractivity contribution is 0.622. The van der Waals surface area contributed by atoms with Crippen LogP contribution in [0.25, 0.3) is 112 Å². The number of para-hydroxylation sites is 2. The van der Waals surface area contributed by atoms with E-state index in [1.807, 2.05) is 97.1 Å². The Labute approximate surface area is 338 Å². The van der Waals surface area contributed by atoms with E-state index in [0.717, 1.165) is 88.2 Å². The molecule has 276 valence electrons. The third kappa shape index (κ3) is 5.36. The maximum Gasteiger partial charge on any atom is 0.238 e. The fourth-order valence-electron chi connectivity index (χ4n) is 8.48. The zero-order valence-electron chi connectivity index (χ0n) is 31.6. The fourth-order valence-corrected chi connectivity index (χ4v) is 8.48. The topological polar surface area (TPSA) is 74.6 Å². The highest BCUT2D eigenvalue weighted by Crippen LogP contribution is 2.41. The van der Waals surface area contributed by atoms with Gasteiger partial charge in [0.15, 0.2) is 17.2 Å². The molecule has 0 N–H and O–H groups in total. The lowest BCUT2D eigenvalue weighted by Gasteiger charge is -2.11. The largest absolute Gasteiger partial charge is 0.434 e. The van der Waals surface area contributed by atoms with Crippen molar-refractivity contribution in [1.82, 2.24) is 29.1 Å². The Morgan fingerprint density at radius 3 is 1.53 bits per heavy atom. The molecule has 8 aromatic carbocycles. The molecule has 0 spiro atoms. The minimum Gasteiger partial charge on any atom is -0.434 e. The number of oxazole rings is 1. The maximum atomic E-state index is 6.62. The van der Waals surface area contributed by atoms with Gasteiger partial charge in [-0.3, -0.25) is 4.57 Å². The van der Waals surface area contributed by atoms with Crippen molar-refractivity contribution in [3.63, 3.8) is 0 Å². The number of nitrogens with zero attached hydrogens (tertiary/aromatic N) is 6. The molecule has 59 heavy (non-hydrogen) atoms. The van der Waals surface area contributed by atoms with Gasteiger partial charge in [0.25, 0.3) is 0 Å². The molecule has 0 unspecified atom stereocenters. The van der Waals surface area contributed by atoms with Gasteiger partial charge in [-0.1, -0.05) is 127 Å². The number of rotatable bonds is 6.